The third-order valence-corrected chi connectivity index (χ3v) is 1.31. The van der Waals surface area contributed by atoms with Crippen LogP contribution in [-0.2, 0) is 0 Å². The second kappa shape index (κ2) is 1.76. The second-order valence-electron chi connectivity index (χ2n) is 1.94. The highest BCUT2D eigenvalue weighted by Gasteiger charge is 1.99. The van der Waals surface area contributed by atoms with Gasteiger partial charge in [0.15, 0.2) is 0 Å². The summed E-state index contributed by atoms with van der Waals surface area (Å²) in [5.41, 5.74) is 0.979. The van der Waals surface area contributed by atoms with E-state index in [1.54, 1.807) is 24.3 Å². The Balaban J connectivity index is 2.93. The molecule has 3 nitrogen and oxygen atoms in total. The molecule has 0 aliphatic rings. The van der Waals surface area contributed by atoms with Gasteiger partial charge in [-0.3, -0.25) is 0 Å². The van der Waals surface area contributed by atoms with Crippen LogP contribution in [0.15, 0.2) is 24.3 Å². The summed E-state index contributed by atoms with van der Waals surface area (Å²) >= 11 is 0. The van der Waals surface area contributed by atoms with Crippen LogP contribution in [0.1, 0.15) is 0 Å². The molecule has 10 heavy (non-hydrogen) atoms. The Bertz CT molecular complexity index is 355. The molecule has 0 amide bonds. The molecule has 2 aromatic rings. The van der Waals surface area contributed by atoms with Gasteiger partial charge >= 0.3 is 0 Å². The average Bonchev–Trinajstić information content (AvgIpc) is 2.34. The number of hydrogen-bond donors (Lipinski definition) is 0. The molecule has 0 saturated heterocycles. The smallest absolute Gasteiger partial charge is 0.125 e. The van der Waals surface area contributed by atoms with E-state index in [2.05, 4.69) is 10.3 Å². The van der Waals surface area contributed by atoms with Gasteiger partial charge in [0.05, 0.1) is 0 Å². The van der Waals surface area contributed by atoms with Gasteiger partial charge in [0.25, 0.3) is 0 Å². The van der Waals surface area contributed by atoms with E-state index in [4.69, 9.17) is 0 Å². The fraction of sp³-hybridized carbons (Fsp3) is 0. The minimum atomic E-state index is 0.259. The molecular weight excluding hydrogens is 133 g/mol. The van der Waals surface area contributed by atoms with Crippen molar-refractivity contribution in [1.82, 2.24) is 15.2 Å². The van der Waals surface area contributed by atoms with Crippen LogP contribution in [0.25, 0.3) is 11.0 Å². The van der Waals surface area contributed by atoms with Crippen LogP contribution in [0.4, 0.5) is 4.48 Å². The van der Waals surface area contributed by atoms with Gasteiger partial charge in [0.2, 0.25) is 0 Å². The molecule has 50 valence electrons. The third-order valence-electron chi connectivity index (χ3n) is 1.31. The molecule has 1 aromatic carbocycles. The first-order chi connectivity index (χ1) is 4.88. The summed E-state index contributed by atoms with van der Waals surface area (Å²) < 4.78 is 12.5. The van der Waals surface area contributed by atoms with Crippen molar-refractivity contribution in [3.8, 4) is 0 Å². The number of para-hydroxylation sites is 1. The Labute approximate surface area is 56.0 Å². The zero-order chi connectivity index (χ0) is 6.97. The maximum atomic E-state index is 12.5. The van der Waals surface area contributed by atoms with Crippen LogP contribution in [0.3, 0.4) is 0 Å². The average molecular weight is 137 g/mol. The number of rotatable bonds is 0. The largest absolute Gasteiger partial charge is 0.128 e. The Morgan fingerprint density at radius 3 is 2.90 bits per heavy atom. The van der Waals surface area contributed by atoms with Gasteiger partial charge in [-0.05, 0) is 17.3 Å². The lowest BCUT2D eigenvalue weighted by Crippen LogP contribution is -1.81. The highest BCUT2D eigenvalue weighted by molar-refractivity contribution is 5.73. The van der Waals surface area contributed by atoms with Crippen molar-refractivity contribution in [2.45, 2.75) is 0 Å². The lowest BCUT2D eigenvalue weighted by molar-refractivity contribution is 0.321. The molecule has 1 aromatic heterocycles. The monoisotopic (exact) mass is 137 g/mol. The molecule has 1 heterocycles. The molecule has 0 N–H and O–H groups in total. The molecule has 2 rings (SSSR count). The number of aromatic nitrogens is 3. The van der Waals surface area contributed by atoms with Gasteiger partial charge < -0.3 is 0 Å². The van der Waals surface area contributed by atoms with Crippen molar-refractivity contribution < 1.29 is 4.48 Å². The minimum absolute atomic E-state index is 0.259. The van der Waals surface area contributed by atoms with Gasteiger partial charge in [-0.25, -0.2) is 0 Å². The summed E-state index contributed by atoms with van der Waals surface area (Å²) in [4.78, 5) is 0.259. The first kappa shape index (κ1) is 5.34. The summed E-state index contributed by atoms with van der Waals surface area (Å²) in [6, 6.07) is 6.85. The van der Waals surface area contributed by atoms with Crippen LogP contribution in [0.5, 0.6) is 0 Å². The molecule has 0 aliphatic heterocycles. The van der Waals surface area contributed by atoms with Crippen molar-refractivity contribution in [2.24, 2.45) is 0 Å². The van der Waals surface area contributed by atoms with Gasteiger partial charge in [-0.15, -0.1) is 5.10 Å². The van der Waals surface area contributed by atoms with Crippen molar-refractivity contribution in [3.05, 3.63) is 24.3 Å². The van der Waals surface area contributed by atoms with Crippen LogP contribution >= 0.6 is 0 Å². The van der Waals surface area contributed by atoms with Crippen molar-refractivity contribution in [3.63, 3.8) is 0 Å². The Hall–Kier alpha value is -1.45. The van der Waals surface area contributed by atoms with E-state index in [1.807, 2.05) is 0 Å². The maximum Gasteiger partial charge on any atom is 0.125 e. The summed E-state index contributed by atoms with van der Waals surface area (Å²) in [6.45, 7) is 0. The topological polar surface area (TPSA) is 30.7 Å². The van der Waals surface area contributed by atoms with Crippen molar-refractivity contribution in [1.29, 1.82) is 0 Å². The summed E-state index contributed by atoms with van der Waals surface area (Å²) in [7, 11) is 0. The Morgan fingerprint density at radius 2 is 2.10 bits per heavy atom. The number of hydrogen-bond acceptors (Lipinski definition) is 2. The SMILES string of the molecule is Fn1nnc2ccccc21. The Kier molecular flexibility index (Phi) is 0.943. The lowest BCUT2D eigenvalue weighted by atomic mass is 10.3. The molecule has 0 spiro atoms. The van der Waals surface area contributed by atoms with Gasteiger partial charge in [0, 0.05) is 0 Å². The third kappa shape index (κ3) is 0.586. The van der Waals surface area contributed by atoms with Crippen LogP contribution < -0.4 is 0 Å². The molecule has 4 heteroatoms. The van der Waals surface area contributed by atoms with Crippen LogP contribution in [0, 0.1) is 0 Å². The van der Waals surface area contributed by atoms with Crippen molar-refractivity contribution >= 4 is 11.0 Å². The van der Waals surface area contributed by atoms with Crippen molar-refractivity contribution in [2.75, 3.05) is 0 Å². The van der Waals surface area contributed by atoms with E-state index in [0.29, 0.717) is 11.0 Å². The van der Waals surface area contributed by atoms with E-state index in [1.165, 1.54) is 0 Å². The first-order valence-corrected chi connectivity index (χ1v) is 2.84. The summed E-state index contributed by atoms with van der Waals surface area (Å²) in [6.07, 6.45) is 0. The fourth-order valence-electron chi connectivity index (χ4n) is 0.840. The predicted molar refractivity (Wildman–Crippen MR) is 34.0 cm³/mol. The van der Waals surface area contributed by atoms with Gasteiger partial charge in [-0.2, -0.15) is 0 Å². The number of nitrogens with zero attached hydrogens (tertiary/aromatic N) is 3. The van der Waals surface area contributed by atoms with Gasteiger partial charge in [0.1, 0.15) is 11.0 Å². The van der Waals surface area contributed by atoms with E-state index in [9.17, 15) is 4.48 Å². The zero-order valence-corrected chi connectivity index (χ0v) is 5.03. The molecule has 0 unspecified atom stereocenters. The van der Waals surface area contributed by atoms with E-state index in [-0.39, 0.29) is 4.90 Å². The quantitative estimate of drug-likeness (QED) is 0.545. The standard InChI is InChI=1S/C6H4FN3/c7-10-6-4-2-1-3-5(6)8-9-10/h1-4H. The molecule has 0 fully saturated rings. The summed E-state index contributed by atoms with van der Waals surface area (Å²) in [5, 5.41) is 6.75. The molecule has 0 saturated carbocycles. The van der Waals surface area contributed by atoms with Gasteiger partial charge in [-0.1, -0.05) is 21.5 Å². The van der Waals surface area contributed by atoms with E-state index < -0.39 is 0 Å². The fourth-order valence-corrected chi connectivity index (χ4v) is 0.840. The molecular formula is C6H4FN3. The lowest BCUT2D eigenvalue weighted by Gasteiger charge is -1.83. The molecule has 0 aliphatic carbocycles. The number of fused-ring (bicyclic) bond motifs is 1. The highest BCUT2D eigenvalue weighted by Crippen LogP contribution is 2.08. The Morgan fingerprint density at radius 1 is 1.30 bits per heavy atom. The predicted octanol–water partition coefficient (Wildman–Crippen LogP) is 1.16. The zero-order valence-electron chi connectivity index (χ0n) is 5.03. The second-order valence-corrected chi connectivity index (χ2v) is 1.94. The number of benzene rings is 1. The first-order valence-electron chi connectivity index (χ1n) is 2.84. The highest BCUT2D eigenvalue weighted by atomic mass is 19.2. The minimum Gasteiger partial charge on any atom is -0.128 e. The molecule has 0 radical (unpaired) electrons. The van der Waals surface area contributed by atoms with E-state index in [0.717, 1.165) is 0 Å². The maximum absolute atomic E-state index is 12.5. The normalized spacial score (nSPS) is 10.5. The van der Waals surface area contributed by atoms with Crippen LogP contribution in [-0.4, -0.2) is 15.2 Å². The summed E-state index contributed by atoms with van der Waals surface area (Å²) in [5.74, 6) is 0. The van der Waals surface area contributed by atoms with E-state index >= 15 is 0 Å². The molecule has 0 atom stereocenters. The van der Waals surface area contributed by atoms with Crippen LogP contribution in [0.2, 0.25) is 0 Å². The number of halogens is 1. The molecule has 0 bridgehead atoms.